The third kappa shape index (κ3) is 3.73. The number of rotatable bonds is 6. The van der Waals surface area contributed by atoms with Crippen molar-refractivity contribution in [3.05, 3.63) is 24.3 Å². The third-order valence-electron chi connectivity index (χ3n) is 2.55. The Labute approximate surface area is 105 Å². The molecule has 0 saturated heterocycles. The zero-order chi connectivity index (χ0) is 14.5. The van der Waals surface area contributed by atoms with Gasteiger partial charge in [-0.2, -0.15) is 0 Å². The number of carbonyl (C=O) groups is 3. The average molecular weight is 256 g/mol. The van der Waals surface area contributed by atoms with Crippen molar-refractivity contribution in [2.24, 2.45) is 5.92 Å². The molecular weight excluding hydrogens is 240 g/mol. The summed E-state index contributed by atoms with van der Waals surface area (Å²) in [5, 5.41) is 17.9. The Bertz CT molecular complexity index is 409. The van der Waals surface area contributed by atoms with Crippen molar-refractivity contribution < 1.29 is 29.3 Å². The topological polar surface area (TPSA) is 101 Å². The first-order chi connectivity index (χ1) is 8.15. The maximum absolute atomic E-state index is 11.2. The molecule has 0 rings (SSSR count). The van der Waals surface area contributed by atoms with Crippen LogP contribution >= 0.6 is 0 Å². The number of esters is 1. The lowest BCUT2D eigenvalue weighted by atomic mass is 9.88. The summed E-state index contributed by atoms with van der Waals surface area (Å²) in [6.45, 7) is 7.06. The number of carboxylic acids is 2. The van der Waals surface area contributed by atoms with Gasteiger partial charge >= 0.3 is 17.9 Å². The third-order valence-corrected chi connectivity index (χ3v) is 2.55. The molecule has 0 fully saturated rings. The quantitative estimate of drug-likeness (QED) is 0.421. The van der Waals surface area contributed by atoms with Crippen molar-refractivity contribution >= 4 is 17.9 Å². The summed E-state index contributed by atoms with van der Waals surface area (Å²) in [7, 11) is 0. The summed E-state index contributed by atoms with van der Waals surface area (Å²) in [5.41, 5.74) is -1.97. The molecule has 18 heavy (non-hydrogen) atoms. The fourth-order valence-electron chi connectivity index (χ4n) is 1.28. The number of carboxylic acid groups (broad SMARTS) is 2. The van der Waals surface area contributed by atoms with Gasteiger partial charge in [-0.3, -0.25) is 4.79 Å². The predicted octanol–water partition coefficient (Wildman–Crippen LogP) is 1.23. The second-order valence-corrected chi connectivity index (χ2v) is 3.93. The highest BCUT2D eigenvalue weighted by atomic mass is 16.6. The van der Waals surface area contributed by atoms with Gasteiger partial charge in [0.15, 0.2) is 0 Å². The van der Waals surface area contributed by atoms with E-state index in [1.807, 2.05) is 0 Å². The second-order valence-electron chi connectivity index (χ2n) is 3.93. The number of ether oxygens (including phenoxy) is 1. The molecule has 0 aliphatic rings. The zero-order valence-electron chi connectivity index (χ0n) is 10.5. The van der Waals surface area contributed by atoms with Crippen LogP contribution in [-0.2, 0) is 19.1 Å². The van der Waals surface area contributed by atoms with E-state index in [0.717, 1.165) is 13.0 Å². The van der Waals surface area contributed by atoms with Gasteiger partial charge in [0.1, 0.15) is 0 Å². The molecule has 100 valence electrons. The summed E-state index contributed by atoms with van der Waals surface area (Å²) < 4.78 is 4.78. The lowest BCUT2D eigenvalue weighted by Crippen LogP contribution is -2.45. The average Bonchev–Trinajstić information content (AvgIpc) is 2.23. The van der Waals surface area contributed by atoms with E-state index >= 15 is 0 Å². The van der Waals surface area contributed by atoms with E-state index < -0.39 is 29.4 Å². The molecule has 0 unspecified atom stereocenters. The Kier molecular flexibility index (Phi) is 5.29. The van der Waals surface area contributed by atoms with Crippen LogP contribution in [0.5, 0.6) is 0 Å². The van der Waals surface area contributed by atoms with E-state index in [1.165, 1.54) is 19.9 Å². The van der Waals surface area contributed by atoms with Gasteiger partial charge in [-0.05, 0) is 6.92 Å². The molecule has 0 amide bonds. The minimum Gasteiger partial charge on any atom is -0.478 e. The number of hydrogen-bond donors (Lipinski definition) is 2. The van der Waals surface area contributed by atoms with E-state index in [2.05, 4.69) is 6.58 Å². The predicted molar refractivity (Wildman–Crippen MR) is 62.9 cm³/mol. The molecule has 0 radical (unpaired) electrons. The summed E-state index contributed by atoms with van der Waals surface area (Å²) >= 11 is 0. The van der Waals surface area contributed by atoms with Crippen LogP contribution in [0.1, 0.15) is 20.8 Å². The van der Waals surface area contributed by atoms with Crippen LogP contribution in [0.15, 0.2) is 24.3 Å². The molecule has 0 spiro atoms. The molecule has 0 aromatic rings. The van der Waals surface area contributed by atoms with E-state index in [4.69, 9.17) is 14.9 Å². The fourth-order valence-corrected chi connectivity index (χ4v) is 1.28. The van der Waals surface area contributed by atoms with Crippen LogP contribution in [0.2, 0.25) is 0 Å². The van der Waals surface area contributed by atoms with Crippen LogP contribution < -0.4 is 0 Å². The van der Waals surface area contributed by atoms with Crippen molar-refractivity contribution in [2.75, 3.05) is 0 Å². The second kappa shape index (κ2) is 6.00. The minimum atomic E-state index is -1.82. The number of carbonyl (C=O) groups excluding carboxylic acids is 1. The Hall–Kier alpha value is -2.11. The van der Waals surface area contributed by atoms with Crippen molar-refractivity contribution in [1.82, 2.24) is 0 Å². The number of hydrogen-bond acceptors (Lipinski definition) is 4. The van der Waals surface area contributed by atoms with Crippen molar-refractivity contribution in [3.63, 3.8) is 0 Å². The maximum Gasteiger partial charge on any atom is 0.348 e. The summed E-state index contributed by atoms with van der Waals surface area (Å²) in [4.78, 5) is 32.9. The molecule has 2 N–H and O–H groups in total. The van der Waals surface area contributed by atoms with Gasteiger partial charge in [0.25, 0.3) is 0 Å². The first-order valence-electron chi connectivity index (χ1n) is 5.15. The highest BCUT2D eigenvalue weighted by Crippen LogP contribution is 2.25. The van der Waals surface area contributed by atoms with Crippen LogP contribution in [0, 0.1) is 5.92 Å². The van der Waals surface area contributed by atoms with Gasteiger partial charge in [0.05, 0.1) is 5.57 Å². The Morgan fingerprint density at radius 1 is 1.33 bits per heavy atom. The molecule has 0 aliphatic heterocycles. The monoisotopic (exact) mass is 256 g/mol. The smallest absolute Gasteiger partial charge is 0.348 e. The summed E-state index contributed by atoms with van der Waals surface area (Å²) in [6.07, 6.45) is 2.28. The highest BCUT2D eigenvalue weighted by molar-refractivity contribution is 5.90. The first-order valence-corrected chi connectivity index (χ1v) is 5.15. The van der Waals surface area contributed by atoms with Gasteiger partial charge in [0, 0.05) is 12.8 Å². The van der Waals surface area contributed by atoms with Crippen molar-refractivity contribution in [3.8, 4) is 0 Å². The molecule has 6 nitrogen and oxygen atoms in total. The lowest BCUT2D eigenvalue weighted by molar-refractivity contribution is -0.179. The maximum atomic E-state index is 11.2. The van der Waals surface area contributed by atoms with Crippen molar-refractivity contribution in [1.29, 1.82) is 0 Å². The number of aliphatic carboxylic acids is 2. The zero-order valence-corrected chi connectivity index (χ0v) is 10.5. The standard InChI is InChI=1S/C12H16O6/c1-5-9(10(14)15)6-7(2)12(4,11(16)17)18-8(3)13/h5-7H,1H2,2-4H3,(H,14,15)(H,16,17)/t7-,12-/m0/s1. The highest BCUT2D eigenvalue weighted by Gasteiger charge is 2.41. The Balaban J connectivity index is 5.40. The van der Waals surface area contributed by atoms with Gasteiger partial charge in [-0.15, -0.1) is 0 Å². The van der Waals surface area contributed by atoms with Crippen LogP contribution in [-0.4, -0.2) is 33.7 Å². The molecule has 0 heterocycles. The lowest BCUT2D eigenvalue weighted by Gasteiger charge is -2.29. The molecular formula is C12H16O6. The van der Waals surface area contributed by atoms with Crippen LogP contribution in [0.4, 0.5) is 0 Å². The first kappa shape index (κ1) is 15.9. The van der Waals surface area contributed by atoms with Gasteiger partial charge in [0.2, 0.25) is 5.60 Å². The molecule has 0 aliphatic carbocycles. The molecule has 0 aromatic heterocycles. The largest absolute Gasteiger partial charge is 0.478 e. The Morgan fingerprint density at radius 3 is 2.11 bits per heavy atom. The minimum absolute atomic E-state index is 0.151. The van der Waals surface area contributed by atoms with Crippen LogP contribution in [0.25, 0.3) is 0 Å². The van der Waals surface area contributed by atoms with Gasteiger partial charge < -0.3 is 14.9 Å². The summed E-state index contributed by atoms with van der Waals surface area (Å²) in [6, 6.07) is 0. The molecule has 2 atom stereocenters. The van der Waals surface area contributed by atoms with E-state index in [0.29, 0.717) is 0 Å². The van der Waals surface area contributed by atoms with E-state index in [-0.39, 0.29) is 5.57 Å². The van der Waals surface area contributed by atoms with E-state index in [1.54, 1.807) is 0 Å². The molecule has 6 heteroatoms. The molecule has 0 aromatic carbocycles. The van der Waals surface area contributed by atoms with Crippen molar-refractivity contribution in [2.45, 2.75) is 26.4 Å². The SMILES string of the molecule is C=CC(=C[C@H](C)[C@](C)(OC(C)=O)C(=O)O)C(=O)O. The summed E-state index contributed by atoms with van der Waals surface area (Å²) in [5.74, 6) is -4.17. The van der Waals surface area contributed by atoms with Crippen LogP contribution in [0.3, 0.4) is 0 Å². The van der Waals surface area contributed by atoms with E-state index in [9.17, 15) is 14.4 Å². The molecule has 0 saturated carbocycles. The Morgan fingerprint density at radius 2 is 1.83 bits per heavy atom. The molecule has 0 bridgehead atoms. The van der Waals surface area contributed by atoms with Gasteiger partial charge in [-0.1, -0.05) is 25.7 Å². The fraction of sp³-hybridized carbons (Fsp3) is 0.417. The normalized spacial score (nSPS) is 16.3. The van der Waals surface area contributed by atoms with Gasteiger partial charge in [-0.25, -0.2) is 9.59 Å².